The summed E-state index contributed by atoms with van der Waals surface area (Å²) in [6, 6.07) is 10.7. The Hall–Kier alpha value is -3.86. The third-order valence-electron chi connectivity index (χ3n) is 5.26. The second kappa shape index (κ2) is 8.71. The van der Waals surface area contributed by atoms with Gasteiger partial charge in [0.15, 0.2) is 17.8 Å². The highest BCUT2D eigenvalue weighted by Crippen LogP contribution is 2.30. The number of amides is 3. The molecule has 2 aliphatic rings. The van der Waals surface area contributed by atoms with E-state index in [1.807, 2.05) is 4.90 Å². The number of anilines is 2. The Morgan fingerprint density at radius 3 is 2.41 bits per heavy atom. The first-order valence-electron chi connectivity index (χ1n) is 9.84. The van der Waals surface area contributed by atoms with Crippen LogP contribution in [0.1, 0.15) is 0 Å². The van der Waals surface area contributed by atoms with Gasteiger partial charge in [-0.05, 0) is 36.4 Å². The van der Waals surface area contributed by atoms with E-state index in [1.54, 1.807) is 30.3 Å². The number of hydrogen-bond acceptors (Lipinski definition) is 7. The predicted octanol–water partition coefficient (Wildman–Crippen LogP) is 0.761. The molecule has 0 bridgehead atoms. The number of nitrogens with zero attached hydrogens (tertiary/aromatic N) is 3. The lowest BCUT2D eigenvalue weighted by Crippen LogP contribution is -2.68. The number of benzene rings is 2. The molecule has 10 nitrogen and oxygen atoms in total. The van der Waals surface area contributed by atoms with Crippen molar-refractivity contribution in [2.45, 2.75) is 6.29 Å². The molecular formula is C21H22FN5O5. The smallest absolute Gasteiger partial charge is 0.326 e. The molecule has 0 spiro atoms. The quantitative estimate of drug-likeness (QED) is 0.636. The molecule has 4 rings (SSSR count). The number of carbonyl (C=O) groups is 3. The van der Waals surface area contributed by atoms with Crippen LogP contribution in [0, 0.1) is 5.82 Å². The van der Waals surface area contributed by atoms with Gasteiger partial charge in [0.25, 0.3) is 0 Å². The van der Waals surface area contributed by atoms with Crippen molar-refractivity contribution in [3.63, 3.8) is 0 Å². The lowest BCUT2D eigenvalue weighted by atomic mass is 10.2. The van der Waals surface area contributed by atoms with Crippen LogP contribution < -0.4 is 25.1 Å². The van der Waals surface area contributed by atoms with Crippen LogP contribution >= 0.6 is 0 Å². The second-order valence-corrected chi connectivity index (χ2v) is 7.18. The van der Waals surface area contributed by atoms with E-state index in [4.69, 9.17) is 9.47 Å². The standard InChI is InChI=1S/C21H22FN5O5/c1-31-16-8-5-14(11-17(16)32-2)23-18(28)12-27-20(30)19(29)26-10-9-25(21(26)24-27)15-6-3-13(22)4-7-15/h3-8,11,21,24H,9-10,12H2,1-2H3,(H,23,28). The molecule has 2 saturated heterocycles. The van der Waals surface area contributed by atoms with Crippen molar-refractivity contribution < 1.29 is 28.2 Å². The highest BCUT2D eigenvalue weighted by Gasteiger charge is 2.45. The Morgan fingerprint density at radius 2 is 1.72 bits per heavy atom. The SMILES string of the molecule is COc1ccc(NC(=O)CN2NC3N(CCN3c3ccc(F)cc3)C(=O)C2=O)cc1OC. The maximum Gasteiger partial charge on any atom is 0.326 e. The van der Waals surface area contributed by atoms with E-state index < -0.39 is 24.0 Å². The molecule has 1 unspecified atom stereocenters. The molecule has 2 fully saturated rings. The number of carbonyl (C=O) groups excluding carboxylic acids is 3. The zero-order valence-electron chi connectivity index (χ0n) is 17.5. The zero-order chi connectivity index (χ0) is 22.8. The average Bonchev–Trinajstić information content (AvgIpc) is 3.21. The first-order valence-corrected chi connectivity index (χ1v) is 9.84. The Balaban J connectivity index is 1.46. The summed E-state index contributed by atoms with van der Waals surface area (Å²) in [7, 11) is 2.98. The number of hydrogen-bond donors (Lipinski definition) is 2. The molecule has 2 aromatic rings. The molecule has 2 heterocycles. The molecule has 0 aliphatic carbocycles. The maximum absolute atomic E-state index is 13.3. The summed E-state index contributed by atoms with van der Waals surface area (Å²) in [6.07, 6.45) is -0.667. The second-order valence-electron chi connectivity index (χ2n) is 7.18. The van der Waals surface area contributed by atoms with Gasteiger partial charge in [-0.2, -0.15) is 5.43 Å². The van der Waals surface area contributed by atoms with Gasteiger partial charge in [0, 0.05) is 30.5 Å². The topological polar surface area (TPSA) is 103 Å². The van der Waals surface area contributed by atoms with Crippen molar-refractivity contribution in [3.8, 4) is 11.5 Å². The summed E-state index contributed by atoms with van der Waals surface area (Å²) < 4.78 is 23.7. The third kappa shape index (κ3) is 4.02. The largest absolute Gasteiger partial charge is 0.493 e. The Morgan fingerprint density at radius 1 is 1.03 bits per heavy atom. The van der Waals surface area contributed by atoms with Crippen LogP contribution in [-0.4, -0.2) is 67.8 Å². The van der Waals surface area contributed by atoms with E-state index in [-0.39, 0.29) is 12.4 Å². The fraction of sp³-hybridized carbons (Fsp3) is 0.286. The van der Waals surface area contributed by atoms with E-state index in [9.17, 15) is 18.8 Å². The molecule has 2 N–H and O–H groups in total. The van der Waals surface area contributed by atoms with Crippen molar-refractivity contribution in [3.05, 3.63) is 48.3 Å². The fourth-order valence-corrected chi connectivity index (χ4v) is 3.70. The normalized spacial score (nSPS) is 18.0. The number of methoxy groups -OCH3 is 2. The van der Waals surface area contributed by atoms with Crippen molar-refractivity contribution in [1.29, 1.82) is 0 Å². The monoisotopic (exact) mass is 443 g/mol. The number of ether oxygens (including phenoxy) is 2. The minimum Gasteiger partial charge on any atom is -0.493 e. The lowest BCUT2D eigenvalue weighted by Gasteiger charge is -2.40. The van der Waals surface area contributed by atoms with Crippen molar-refractivity contribution in [2.24, 2.45) is 0 Å². The molecule has 3 amide bonds. The van der Waals surface area contributed by atoms with Gasteiger partial charge < -0.3 is 19.7 Å². The van der Waals surface area contributed by atoms with Gasteiger partial charge in [-0.3, -0.25) is 24.3 Å². The predicted molar refractivity (Wildman–Crippen MR) is 112 cm³/mol. The molecule has 2 aromatic carbocycles. The van der Waals surface area contributed by atoms with E-state index in [2.05, 4.69) is 10.7 Å². The molecule has 2 aliphatic heterocycles. The highest BCUT2D eigenvalue weighted by molar-refractivity contribution is 6.35. The maximum atomic E-state index is 13.3. The molecular weight excluding hydrogens is 421 g/mol. The van der Waals surface area contributed by atoms with Crippen molar-refractivity contribution in [1.82, 2.24) is 15.3 Å². The van der Waals surface area contributed by atoms with Crippen molar-refractivity contribution >= 4 is 29.1 Å². The molecule has 0 aromatic heterocycles. The number of fused-ring (bicyclic) bond motifs is 1. The molecule has 168 valence electrons. The lowest BCUT2D eigenvalue weighted by molar-refractivity contribution is -0.163. The molecule has 0 radical (unpaired) electrons. The minimum atomic E-state index is -0.829. The van der Waals surface area contributed by atoms with Crippen LogP contribution in [0.2, 0.25) is 0 Å². The van der Waals surface area contributed by atoms with Gasteiger partial charge in [0.05, 0.1) is 14.2 Å². The van der Waals surface area contributed by atoms with Crippen LogP contribution in [0.5, 0.6) is 11.5 Å². The van der Waals surface area contributed by atoms with Gasteiger partial charge in [-0.1, -0.05) is 0 Å². The number of nitrogens with one attached hydrogen (secondary N) is 2. The first kappa shape index (κ1) is 21.4. The summed E-state index contributed by atoms with van der Waals surface area (Å²) in [6.45, 7) is 0.389. The van der Waals surface area contributed by atoms with Crippen LogP contribution in [0.25, 0.3) is 0 Å². The first-order chi connectivity index (χ1) is 15.4. The average molecular weight is 443 g/mol. The summed E-state index contributed by atoms with van der Waals surface area (Å²) in [5.74, 6) is -1.48. The van der Waals surface area contributed by atoms with Crippen LogP contribution in [0.15, 0.2) is 42.5 Å². The van der Waals surface area contributed by atoms with Crippen LogP contribution in [0.4, 0.5) is 15.8 Å². The van der Waals surface area contributed by atoms with Gasteiger partial charge in [-0.25, -0.2) is 4.39 Å². The van der Waals surface area contributed by atoms with Gasteiger partial charge in [0.1, 0.15) is 12.4 Å². The Kier molecular flexibility index (Phi) is 5.82. The van der Waals surface area contributed by atoms with E-state index in [0.717, 1.165) is 5.01 Å². The zero-order valence-corrected chi connectivity index (χ0v) is 17.5. The molecule has 0 saturated carbocycles. The van der Waals surface area contributed by atoms with E-state index >= 15 is 0 Å². The van der Waals surface area contributed by atoms with Crippen LogP contribution in [-0.2, 0) is 14.4 Å². The molecule has 11 heteroatoms. The van der Waals surface area contributed by atoms with E-state index in [0.29, 0.717) is 36.0 Å². The summed E-state index contributed by atoms with van der Waals surface area (Å²) in [4.78, 5) is 40.9. The Labute approximate surface area is 183 Å². The summed E-state index contributed by atoms with van der Waals surface area (Å²) in [5.41, 5.74) is 4.06. The van der Waals surface area contributed by atoms with E-state index in [1.165, 1.54) is 31.3 Å². The Bertz CT molecular complexity index is 1050. The fourth-order valence-electron chi connectivity index (χ4n) is 3.70. The summed E-state index contributed by atoms with van der Waals surface area (Å²) >= 11 is 0. The van der Waals surface area contributed by atoms with Crippen LogP contribution in [0.3, 0.4) is 0 Å². The third-order valence-corrected chi connectivity index (χ3v) is 5.26. The van der Waals surface area contributed by atoms with Gasteiger partial charge in [0.2, 0.25) is 5.91 Å². The number of rotatable bonds is 6. The minimum absolute atomic E-state index is 0.325. The molecule has 1 atom stereocenters. The molecule has 32 heavy (non-hydrogen) atoms. The number of halogens is 1. The number of hydrazine groups is 1. The van der Waals surface area contributed by atoms with Gasteiger partial charge in [-0.15, -0.1) is 0 Å². The highest BCUT2D eigenvalue weighted by atomic mass is 19.1. The van der Waals surface area contributed by atoms with Crippen molar-refractivity contribution in [2.75, 3.05) is 44.1 Å². The van der Waals surface area contributed by atoms with Gasteiger partial charge >= 0.3 is 11.8 Å². The summed E-state index contributed by atoms with van der Waals surface area (Å²) in [5, 5.41) is 3.66.